The first kappa shape index (κ1) is 14.9. The molecule has 2 unspecified atom stereocenters. The van der Waals surface area contributed by atoms with Gasteiger partial charge in [-0.1, -0.05) is 38.3 Å². The molecule has 1 N–H and O–H groups in total. The second-order valence-electron chi connectivity index (χ2n) is 7.01. The van der Waals surface area contributed by atoms with Crippen molar-refractivity contribution in [3.05, 3.63) is 29.3 Å². The molecule has 1 heterocycles. The molecule has 0 bridgehead atoms. The maximum Gasteiger partial charge on any atom is 0.0396 e. The molecule has 0 radical (unpaired) electrons. The number of hydrogen-bond acceptors (Lipinski definition) is 2. The van der Waals surface area contributed by atoms with Gasteiger partial charge in [0.1, 0.15) is 0 Å². The predicted octanol–water partition coefficient (Wildman–Crippen LogP) is 4.13. The fraction of sp³-hybridized carbons (Fsp3) is 0.684. The fourth-order valence-corrected chi connectivity index (χ4v) is 4.06. The lowest BCUT2D eigenvalue weighted by Crippen LogP contribution is -2.33. The average molecular weight is 286 g/mol. The van der Waals surface area contributed by atoms with Crippen LogP contribution in [-0.2, 0) is 13.0 Å². The van der Waals surface area contributed by atoms with Crippen LogP contribution in [0.15, 0.2) is 18.2 Å². The molecule has 1 fully saturated rings. The van der Waals surface area contributed by atoms with Gasteiger partial charge in [0.2, 0.25) is 0 Å². The van der Waals surface area contributed by atoms with E-state index >= 15 is 0 Å². The van der Waals surface area contributed by atoms with Crippen LogP contribution in [0.1, 0.15) is 56.6 Å². The van der Waals surface area contributed by atoms with E-state index in [4.69, 9.17) is 0 Å². The Morgan fingerprint density at radius 1 is 1.24 bits per heavy atom. The molecule has 1 aliphatic carbocycles. The maximum absolute atomic E-state index is 3.81. The lowest BCUT2D eigenvalue weighted by Gasteiger charge is -2.30. The summed E-state index contributed by atoms with van der Waals surface area (Å²) in [5, 5.41) is 3.81. The highest BCUT2D eigenvalue weighted by atomic mass is 15.1. The lowest BCUT2D eigenvalue weighted by atomic mass is 9.84. The van der Waals surface area contributed by atoms with Crippen molar-refractivity contribution in [2.75, 3.05) is 18.5 Å². The Labute approximate surface area is 129 Å². The predicted molar refractivity (Wildman–Crippen MR) is 90.9 cm³/mol. The molecule has 0 amide bonds. The van der Waals surface area contributed by atoms with Crippen LogP contribution in [0.2, 0.25) is 0 Å². The van der Waals surface area contributed by atoms with Crippen LogP contribution in [0.3, 0.4) is 0 Å². The van der Waals surface area contributed by atoms with Gasteiger partial charge < -0.3 is 10.2 Å². The summed E-state index contributed by atoms with van der Waals surface area (Å²) in [6.07, 6.45) is 9.48. The van der Waals surface area contributed by atoms with Crippen LogP contribution in [0.25, 0.3) is 0 Å². The molecular formula is C19H30N2. The highest BCUT2D eigenvalue weighted by Crippen LogP contribution is 2.28. The number of fused-ring (bicyclic) bond motifs is 1. The summed E-state index contributed by atoms with van der Waals surface area (Å²) in [4.78, 5) is 2.39. The second kappa shape index (κ2) is 6.83. The highest BCUT2D eigenvalue weighted by Gasteiger charge is 2.20. The van der Waals surface area contributed by atoms with Crippen LogP contribution in [-0.4, -0.2) is 19.6 Å². The van der Waals surface area contributed by atoms with Crippen molar-refractivity contribution in [2.45, 2.75) is 64.5 Å². The SMILES string of the molecule is CCC1CCCC(NCc2ccc3c(c2)CCCN3C)C1. The van der Waals surface area contributed by atoms with Crippen LogP contribution in [0.4, 0.5) is 5.69 Å². The van der Waals surface area contributed by atoms with Crippen LogP contribution < -0.4 is 10.2 Å². The van der Waals surface area contributed by atoms with Crippen molar-refractivity contribution >= 4 is 5.69 Å². The third-order valence-corrected chi connectivity index (χ3v) is 5.45. The van der Waals surface area contributed by atoms with Gasteiger partial charge in [0.05, 0.1) is 0 Å². The van der Waals surface area contributed by atoms with Gasteiger partial charge in [-0.15, -0.1) is 0 Å². The van der Waals surface area contributed by atoms with Gasteiger partial charge in [-0.2, -0.15) is 0 Å². The van der Waals surface area contributed by atoms with Gasteiger partial charge >= 0.3 is 0 Å². The molecule has 0 aromatic heterocycles. The van der Waals surface area contributed by atoms with Gasteiger partial charge in [-0.05, 0) is 48.8 Å². The molecule has 2 atom stereocenters. The smallest absolute Gasteiger partial charge is 0.0396 e. The van der Waals surface area contributed by atoms with Crippen molar-refractivity contribution in [2.24, 2.45) is 5.92 Å². The van der Waals surface area contributed by atoms with Crippen LogP contribution in [0, 0.1) is 5.92 Å². The minimum atomic E-state index is 0.738. The van der Waals surface area contributed by atoms with E-state index in [1.165, 1.54) is 68.3 Å². The van der Waals surface area contributed by atoms with E-state index < -0.39 is 0 Å². The fourth-order valence-electron chi connectivity index (χ4n) is 4.06. The first-order chi connectivity index (χ1) is 10.3. The third kappa shape index (κ3) is 3.60. The van der Waals surface area contributed by atoms with Gasteiger partial charge in [-0.3, -0.25) is 0 Å². The molecule has 2 heteroatoms. The maximum atomic E-state index is 3.81. The first-order valence-corrected chi connectivity index (χ1v) is 8.82. The summed E-state index contributed by atoms with van der Waals surface area (Å²) in [6.45, 7) is 4.58. The zero-order valence-electron chi connectivity index (χ0n) is 13.7. The molecule has 2 nitrogen and oxygen atoms in total. The van der Waals surface area contributed by atoms with E-state index in [-0.39, 0.29) is 0 Å². The Morgan fingerprint density at radius 3 is 3.00 bits per heavy atom. The number of anilines is 1. The summed E-state index contributed by atoms with van der Waals surface area (Å²) < 4.78 is 0. The number of rotatable bonds is 4. The molecule has 2 aliphatic rings. The summed E-state index contributed by atoms with van der Waals surface area (Å²) in [6, 6.07) is 7.80. The molecular weight excluding hydrogens is 256 g/mol. The Kier molecular flexibility index (Phi) is 4.84. The van der Waals surface area contributed by atoms with Crippen molar-refractivity contribution in [3.8, 4) is 0 Å². The van der Waals surface area contributed by atoms with Gasteiger partial charge in [-0.25, -0.2) is 0 Å². The van der Waals surface area contributed by atoms with Crippen LogP contribution in [0.5, 0.6) is 0 Å². The normalized spacial score (nSPS) is 25.7. The Hall–Kier alpha value is -1.02. The second-order valence-corrected chi connectivity index (χ2v) is 7.01. The van der Waals surface area contributed by atoms with E-state index in [1.807, 2.05) is 0 Å². The van der Waals surface area contributed by atoms with Crippen molar-refractivity contribution in [3.63, 3.8) is 0 Å². The van der Waals surface area contributed by atoms with Crippen molar-refractivity contribution < 1.29 is 0 Å². The minimum absolute atomic E-state index is 0.738. The Bertz CT molecular complexity index is 469. The third-order valence-electron chi connectivity index (χ3n) is 5.45. The average Bonchev–Trinajstić information content (AvgIpc) is 2.53. The molecule has 116 valence electrons. The quantitative estimate of drug-likeness (QED) is 0.895. The van der Waals surface area contributed by atoms with Gasteiger partial charge in [0, 0.05) is 31.9 Å². The molecule has 3 rings (SSSR count). The standard InChI is InChI=1S/C19H30N2/c1-3-15-6-4-8-18(13-15)20-14-16-9-10-19-17(12-16)7-5-11-21(19)2/h9-10,12,15,18,20H,3-8,11,13-14H2,1-2H3. The zero-order valence-corrected chi connectivity index (χ0v) is 13.7. The molecule has 1 aliphatic heterocycles. The van der Waals surface area contributed by atoms with Crippen LogP contribution >= 0.6 is 0 Å². The van der Waals surface area contributed by atoms with E-state index in [0.717, 1.165) is 18.5 Å². The Balaban J connectivity index is 1.58. The largest absolute Gasteiger partial charge is 0.374 e. The lowest BCUT2D eigenvalue weighted by molar-refractivity contribution is 0.278. The number of hydrogen-bond donors (Lipinski definition) is 1. The molecule has 1 saturated carbocycles. The van der Waals surface area contributed by atoms with E-state index in [1.54, 1.807) is 0 Å². The monoisotopic (exact) mass is 286 g/mol. The number of aryl methyl sites for hydroxylation is 1. The van der Waals surface area contributed by atoms with Crippen molar-refractivity contribution in [1.82, 2.24) is 5.32 Å². The highest BCUT2D eigenvalue weighted by molar-refractivity contribution is 5.56. The first-order valence-electron chi connectivity index (χ1n) is 8.82. The van der Waals surface area contributed by atoms with E-state index in [9.17, 15) is 0 Å². The van der Waals surface area contributed by atoms with Gasteiger partial charge in [0.25, 0.3) is 0 Å². The van der Waals surface area contributed by atoms with Crippen molar-refractivity contribution in [1.29, 1.82) is 0 Å². The van der Waals surface area contributed by atoms with E-state index in [0.29, 0.717) is 0 Å². The topological polar surface area (TPSA) is 15.3 Å². The molecule has 21 heavy (non-hydrogen) atoms. The summed E-state index contributed by atoms with van der Waals surface area (Å²) in [7, 11) is 2.21. The molecule has 1 aromatic rings. The summed E-state index contributed by atoms with van der Waals surface area (Å²) in [5.74, 6) is 0.952. The molecule has 1 aromatic carbocycles. The summed E-state index contributed by atoms with van der Waals surface area (Å²) in [5.41, 5.74) is 4.44. The van der Waals surface area contributed by atoms with Gasteiger partial charge in [0.15, 0.2) is 0 Å². The molecule has 0 saturated heterocycles. The molecule has 0 spiro atoms. The number of benzene rings is 1. The number of nitrogens with one attached hydrogen (secondary N) is 1. The number of nitrogens with zero attached hydrogens (tertiary/aromatic N) is 1. The van der Waals surface area contributed by atoms with E-state index in [2.05, 4.69) is 42.4 Å². The zero-order chi connectivity index (χ0) is 14.7. The minimum Gasteiger partial charge on any atom is -0.374 e. The Morgan fingerprint density at radius 2 is 2.14 bits per heavy atom. The summed E-state index contributed by atoms with van der Waals surface area (Å²) >= 11 is 0.